The molecule has 1 aliphatic heterocycles. The van der Waals surface area contributed by atoms with Gasteiger partial charge in [-0.2, -0.15) is 0 Å². The van der Waals surface area contributed by atoms with E-state index in [2.05, 4.69) is 9.88 Å². The highest BCUT2D eigenvalue weighted by Gasteiger charge is 2.27. The molecule has 1 unspecified atom stereocenters. The number of imidazole rings is 1. The molecule has 2 aromatic rings. The molecule has 0 amide bonds. The second-order valence-electron chi connectivity index (χ2n) is 6.41. The molecule has 0 spiro atoms. The predicted molar refractivity (Wildman–Crippen MR) is 93.6 cm³/mol. The van der Waals surface area contributed by atoms with Gasteiger partial charge in [-0.25, -0.2) is 4.98 Å². The number of nitrogens with zero attached hydrogens (tertiary/aromatic N) is 3. The quantitative estimate of drug-likeness (QED) is 0.766. The van der Waals surface area contributed by atoms with Crippen LogP contribution in [0.1, 0.15) is 41.4 Å². The number of rotatable bonds is 6. The molecule has 1 saturated heterocycles. The van der Waals surface area contributed by atoms with Gasteiger partial charge in [0.05, 0.1) is 13.0 Å². The van der Waals surface area contributed by atoms with Gasteiger partial charge in [-0.3, -0.25) is 4.79 Å². The van der Waals surface area contributed by atoms with Crippen molar-refractivity contribution >= 4 is 5.78 Å². The Balaban J connectivity index is 1.87. The topological polar surface area (TPSA) is 47.4 Å². The number of hydrogen-bond donors (Lipinski definition) is 0. The fourth-order valence-electron chi connectivity index (χ4n) is 3.33. The molecule has 5 nitrogen and oxygen atoms in total. The minimum atomic E-state index is -0.199. The summed E-state index contributed by atoms with van der Waals surface area (Å²) in [5, 5.41) is 0. The fraction of sp³-hybridized carbons (Fsp3) is 0.474. The predicted octanol–water partition coefficient (Wildman–Crippen LogP) is 2.88. The third-order valence-corrected chi connectivity index (χ3v) is 4.77. The smallest absolute Gasteiger partial charge is 0.206 e. The van der Waals surface area contributed by atoms with E-state index < -0.39 is 0 Å². The van der Waals surface area contributed by atoms with Gasteiger partial charge in [-0.15, -0.1) is 0 Å². The first-order chi connectivity index (χ1) is 11.7. The molecule has 1 aromatic heterocycles. The summed E-state index contributed by atoms with van der Waals surface area (Å²) in [6, 6.07) is 7.83. The zero-order valence-electron chi connectivity index (χ0n) is 14.4. The highest BCUT2D eigenvalue weighted by molar-refractivity contribution is 5.98. The van der Waals surface area contributed by atoms with Crippen LogP contribution in [-0.4, -0.2) is 47.0 Å². The van der Waals surface area contributed by atoms with E-state index in [4.69, 9.17) is 4.74 Å². The van der Waals surface area contributed by atoms with Crippen LogP contribution in [0.3, 0.4) is 0 Å². The molecule has 1 aromatic carbocycles. The van der Waals surface area contributed by atoms with E-state index in [0.29, 0.717) is 5.82 Å². The summed E-state index contributed by atoms with van der Waals surface area (Å²) in [5.41, 5.74) is 1.02. The van der Waals surface area contributed by atoms with Crippen LogP contribution < -0.4 is 4.74 Å². The number of carbonyl (C=O) groups excluding carboxylic acids is 1. The van der Waals surface area contributed by atoms with Gasteiger partial charge in [-0.05, 0) is 43.6 Å². The molecule has 0 radical (unpaired) electrons. The standard InChI is InChI=1S/C19H25N3O2/c1-21-13-10-20-19(21)18(23)17(14-22-11-4-3-5-12-22)15-6-8-16(24-2)9-7-15/h6-10,13,17H,3-5,11-12,14H2,1-2H3. The molecule has 1 fully saturated rings. The van der Waals surface area contributed by atoms with Crippen molar-refractivity contribution in [1.29, 1.82) is 0 Å². The minimum Gasteiger partial charge on any atom is -0.497 e. The summed E-state index contributed by atoms with van der Waals surface area (Å²) in [4.78, 5) is 19.8. The molecular formula is C19H25N3O2. The van der Waals surface area contributed by atoms with Gasteiger partial charge in [-0.1, -0.05) is 18.6 Å². The Hall–Kier alpha value is -2.14. The van der Waals surface area contributed by atoms with Crippen molar-refractivity contribution in [3.8, 4) is 5.75 Å². The van der Waals surface area contributed by atoms with Crippen LogP contribution in [-0.2, 0) is 7.05 Å². The van der Waals surface area contributed by atoms with Crippen LogP contribution in [0.4, 0.5) is 0 Å². The van der Waals surface area contributed by atoms with Gasteiger partial charge in [0.1, 0.15) is 5.75 Å². The zero-order chi connectivity index (χ0) is 16.9. The van der Waals surface area contributed by atoms with E-state index in [0.717, 1.165) is 30.9 Å². The molecule has 0 saturated carbocycles. The monoisotopic (exact) mass is 327 g/mol. The lowest BCUT2D eigenvalue weighted by Gasteiger charge is -2.30. The van der Waals surface area contributed by atoms with E-state index in [-0.39, 0.29) is 11.7 Å². The van der Waals surface area contributed by atoms with Crippen LogP contribution in [0.5, 0.6) is 5.75 Å². The molecule has 1 aliphatic rings. The summed E-state index contributed by atoms with van der Waals surface area (Å²) in [5.74, 6) is 1.21. The number of aromatic nitrogens is 2. The van der Waals surface area contributed by atoms with Gasteiger partial charge in [0.25, 0.3) is 0 Å². The number of aryl methyl sites for hydroxylation is 1. The molecule has 2 heterocycles. The summed E-state index contributed by atoms with van der Waals surface area (Å²) in [6.45, 7) is 2.89. The van der Waals surface area contributed by atoms with E-state index >= 15 is 0 Å². The Morgan fingerprint density at radius 2 is 1.92 bits per heavy atom. The first kappa shape index (κ1) is 16.7. The SMILES string of the molecule is COc1ccc(C(CN2CCCCC2)C(=O)c2nccn2C)cc1. The first-order valence-corrected chi connectivity index (χ1v) is 8.57. The Bertz CT molecular complexity index is 672. The summed E-state index contributed by atoms with van der Waals surface area (Å²) < 4.78 is 7.04. The Kier molecular flexibility index (Phi) is 5.30. The van der Waals surface area contributed by atoms with E-state index in [1.165, 1.54) is 19.3 Å². The number of likely N-dealkylation sites (tertiary alicyclic amines) is 1. The number of carbonyl (C=O) groups is 1. The van der Waals surface area contributed by atoms with Crippen molar-refractivity contribution in [1.82, 2.24) is 14.5 Å². The van der Waals surface area contributed by atoms with Gasteiger partial charge in [0.2, 0.25) is 5.78 Å². The van der Waals surface area contributed by atoms with E-state index in [1.807, 2.05) is 37.5 Å². The second-order valence-corrected chi connectivity index (χ2v) is 6.41. The third-order valence-electron chi connectivity index (χ3n) is 4.77. The van der Waals surface area contributed by atoms with E-state index in [9.17, 15) is 4.79 Å². The van der Waals surface area contributed by atoms with Crippen LogP contribution in [0.25, 0.3) is 0 Å². The lowest BCUT2D eigenvalue weighted by molar-refractivity contribution is 0.0912. The minimum absolute atomic E-state index is 0.0817. The number of ether oxygens (including phenoxy) is 1. The maximum absolute atomic E-state index is 13.1. The lowest BCUT2D eigenvalue weighted by atomic mass is 9.92. The van der Waals surface area contributed by atoms with Gasteiger partial charge >= 0.3 is 0 Å². The normalized spacial score (nSPS) is 16.8. The molecule has 0 bridgehead atoms. The molecular weight excluding hydrogens is 302 g/mol. The average molecular weight is 327 g/mol. The van der Waals surface area contributed by atoms with E-state index in [1.54, 1.807) is 17.9 Å². The second kappa shape index (κ2) is 7.62. The number of piperidine rings is 1. The molecule has 3 rings (SSSR count). The summed E-state index contributed by atoms with van der Waals surface area (Å²) >= 11 is 0. The molecule has 128 valence electrons. The van der Waals surface area contributed by atoms with Crippen LogP contribution in [0, 0.1) is 0 Å². The largest absolute Gasteiger partial charge is 0.497 e. The van der Waals surface area contributed by atoms with Gasteiger partial charge < -0.3 is 14.2 Å². The first-order valence-electron chi connectivity index (χ1n) is 8.57. The van der Waals surface area contributed by atoms with Crippen molar-refractivity contribution in [2.75, 3.05) is 26.7 Å². The van der Waals surface area contributed by atoms with Gasteiger partial charge in [0, 0.05) is 26.0 Å². The van der Waals surface area contributed by atoms with Crippen LogP contribution >= 0.6 is 0 Å². The van der Waals surface area contributed by atoms with Gasteiger partial charge in [0.15, 0.2) is 5.82 Å². The lowest BCUT2D eigenvalue weighted by Crippen LogP contribution is -2.36. The number of ketones is 1. The number of benzene rings is 1. The van der Waals surface area contributed by atoms with Crippen molar-refractivity contribution in [2.24, 2.45) is 7.05 Å². The third kappa shape index (κ3) is 3.67. The fourth-order valence-corrected chi connectivity index (χ4v) is 3.33. The van der Waals surface area contributed by atoms with Crippen molar-refractivity contribution in [3.63, 3.8) is 0 Å². The highest BCUT2D eigenvalue weighted by Crippen LogP contribution is 2.25. The van der Waals surface area contributed by atoms with Crippen LogP contribution in [0.2, 0.25) is 0 Å². The van der Waals surface area contributed by atoms with Crippen molar-refractivity contribution < 1.29 is 9.53 Å². The molecule has 5 heteroatoms. The van der Waals surface area contributed by atoms with Crippen LogP contribution in [0.15, 0.2) is 36.7 Å². The zero-order valence-corrected chi connectivity index (χ0v) is 14.4. The van der Waals surface area contributed by atoms with Crippen molar-refractivity contribution in [2.45, 2.75) is 25.2 Å². The number of Topliss-reactive ketones (excluding diaryl/α,β-unsaturated/α-hetero) is 1. The number of methoxy groups -OCH3 is 1. The highest BCUT2D eigenvalue weighted by atomic mass is 16.5. The summed E-state index contributed by atoms with van der Waals surface area (Å²) in [7, 11) is 3.52. The maximum atomic E-state index is 13.1. The Labute approximate surface area is 143 Å². The Morgan fingerprint density at radius 1 is 1.21 bits per heavy atom. The summed E-state index contributed by atoms with van der Waals surface area (Å²) in [6.07, 6.45) is 7.22. The molecule has 0 N–H and O–H groups in total. The molecule has 0 aliphatic carbocycles. The maximum Gasteiger partial charge on any atom is 0.206 e. The molecule has 1 atom stereocenters. The number of hydrogen-bond acceptors (Lipinski definition) is 4. The average Bonchev–Trinajstić information content (AvgIpc) is 3.06. The molecule has 24 heavy (non-hydrogen) atoms. The Morgan fingerprint density at radius 3 is 2.50 bits per heavy atom. The van der Waals surface area contributed by atoms with Crippen molar-refractivity contribution in [3.05, 3.63) is 48.0 Å².